The van der Waals surface area contributed by atoms with Gasteiger partial charge in [-0.15, -0.1) is 0 Å². The molecule has 2 aromatic heterocycles. The molecule has 0 spiro atoms. The summed E-state index contributed by atoms with van der Waals surface area (Å²) in [4.78, 5) is 51.0. The molecule has 0 aliphatic carbocycles. The fourth-order valence-corrected chi connectivity index (χ4v) is 6.59. The van der Waals surface area contributed by atoms with Gasteiger partial charge in [0.25, 0.3) is 0 Å². The summed E-state index contributed by atoms with van der Waals surface area (Å²) >= 11 is 0. The maximum atomic E-state index is 12.1. The second-order valence-corrected chi connectivity index (χ2v) is 11.4. The molecule has 2 aliphatic rings. The van der Waals surface area contributed by atoms with Gasteiger partial charge in [-0.2, -0.15) is 8.62 Å². The molecule has 0 radical (unpaired) electrons. The average Bonchev–Trinajstić information content (AvgIpc) is 3.35. The van der Waals surface area contributed by atoms with Crippen molar-refractivity contribution in [1.29, 1.82) is 0 Å². The van der Waals surface area contributed by atoms with E-state index in [1.54, 1.807) is 0 Å². The van der Waals surface area contributed by atoms with Gasteiger partial charge < -0.3 is 34.8 Å². The molecule has 34 heavy (non-hydrogen) atoms. The van der Waals surface area contributed by atoms with E-state index in [2.05, 4.69) is 33.6 Å². The van der Waals surface area contributed by atoms with Crippen molar-refractivity contribution >= 4 is 40.4 Å². The molecular formula is C11H15N8O12P3. The maximum absolute atomic E-state index is 12.1. The summed E-state index contributed by atoms with van der Waals surface area (Å²) in [6.45, 7) is -1.17. The molecule has 2 fully saturated rings. The Morgan fingerprint density at radius 2 is 1.97 bits per heavy atom. The zero-order chi connectivity index (χ0) is 24.9. The van der Waals surface area contributed by atoms with Crippen molar-refractivity contribution < 1.29 is 55.9 Å². The summed E-state index contributed by atoms with van der Waals surface area (Å²) < 4.78 is 59.4. The standard InChI is InChI=1S/C11H15N8O12P3/c12-8-5-9(15-3-14-8)19(4-16-5)10-6-7(17-18-13)11(29-10,1-27-6)2-28-33(23,24)31-34(25,26)30-32(20,21)22/h3-4,6-7,10H,1-2H2,(H,23,24)(H,25,26)(H2,12,14,15)(H2,20,21,22)/t6-,7?,10-,11-/m1/s1. The van der Waals surface area contributed by atoms with Crippen molar-refractivity contribution in [2.45, 2.75) is 24.0 Å². The van der Waals surface area contributed by atoms with Gasteiger partial charge in [0, 0.05) is 4.91 Å². The van der Waals surface area contributed by atoms with Gasteiger partial charge in [-0.1, -0.05) is 5.11 Å². The predicted octanol–water partition coefficient (Wildman–Crippen LogP) is 0.0971. The summed E-state index contributed by atoms with van der Waals surface area (Å²) in [6.07, 6.45) is 0.537. The number of imidazole rings is 1. The number of azide groups is 1. The quantitative estimate of drug-likeness (QED) is 0.121. The molecule has 23 heteroatoms. The molecule has 2 aliphatic heterocycles. The van der Waals surface area contributed by atoms with Gasteiger partial charge in [0.05, 0.1) is 19.5 Å². The zero-order valence-corrected chi connectivity index (χ0v) is 19.1. The minimum Gasteiger partial charge on any atom is -0.382 e. The highest BCUT2D eigenvalue weighted by atomic mass is 31.3. The van der Waals surface area contributed by atoms with Crippen LogP contribution >= 0.6 is 23.5 Å². The first-order valence-corrected chi connectivity index (χ1v) is 13.3. The first-order chi connectivity index (χ1) is 15.8. The molecule has 4 rings (SSSR count). The van der Waals surface area contributed by atoms with E-state index in [-0.39, 0.29) is 23.6 Å². The minimum atomic E-state index is -5.72. The first-order valence-electron chi connectivity index (χ1n) is 8.81. The highest BCUT2D eigenvalue weighted by Crippen LogP contribution is 2.66. The molecule has 2 aromatic rings. The van der Waals surface area contributed by atoms with Gasteiger partial charge in [0.2, 0.25) is 0 Å². The van der Waals surface area contributed by atoms with Crippen LogP contribution in [0.2, 0.25) is 0 Å². The summed E-state index contributed by atoms with van der Waals surface area (Å²) in [5.74, 6) is 0.0850. The molecule has 0 amide bonds. The second-order valence-electron chi connectivity index (χ2n) is 6.95. The van der Waals surface area contributed by atoms with E-state index in [1.807, 2.05) is 0 Å². The fourth-order valence-electron chi connectivity index (χ4n) is 3.52. The molecule has 0 saturated carbocycles. The molecule has 20 nitrogen and oxygen atoms in total. The van der Waals surface area contributed by atoms with E-state index in [0.29, 0.717) is 0 Å². The Kier molecular flexibility index (Phi) is 6.33. The molecule has 0 aromatic carbocycles. The topological polar surface area (TPSA) is 297 Å². The Morgan fingerprint density at radius 1 is 1.24 bits per heavy atom. The monoisotopic (exact) mass is 544 g/mol. The van der Waals surface area contributed by atoms with E-state index >= 15 is 0 Å². The Hall–Kier alpha value is -2.01. The molecular weight excluding hydrogens is 529 g/mol. The highest BCUT2D eigenvalue weighted by molar-refractivity contribution is 7.66. The molecule has 4 heterocycles. The summed E-state index contributed by atoms with van der Waals surface area (Å²) in [6, 6.07) is -1.12. The third kappa shape index (κ3) is 4.86. The van der Waals surface area contributed by atoms with Gasteiger partial charge in [-0.3, -0.25) is 9.09 Å². The van der Waals surface area contributed by atoms with Crippen LogP contribution < -0.4 is 5.73 Å². The van der Waals surface area contributed by atoms with Crippen LogP contribution in [0.1, 0.15) is 6.23 Å². The van der Waals surface area contributed by atoms with Crippen molar-refractivity contribution in [3.05, 3.63) is 23.1 Å². The van der Waals surface area contributed by atoms with E-state index < -0.39 is 54.0 Å². The van der Waals surface area contributed by atoms with E-state index in [9.17, 15) is 23.5 Å². The number of fused-ring (bicyclic) bond motifs is 3. The number of nitrogen functional groups attached to an aromatic ring is 1. The van der Waals surface area contributed by atoms with Crippen LogP contribution in [0.15, 0.2) is 17.8 Å². The van der Waals surface area contributed by atoms with Crippen LogP contribution in [0.25, 0.3) is 21.6 Å². The molecule has 2 saturated heterocycles. The van der Waals surface area contributed by atoms with Crippen LogP contribution in [0.3, 0.4) is 0 Å². The number of phosphoric ester groups is 1. The number of phosphoric acid groups is 3. The lowest BCUT2D eigenvalue weighted by Crippen LogP contribution is -2.44. The first kappa shape index (κ1) is 25.1. The second kappa shape index (κ2) is 8.58. The third-order valence-corrected chi connectivity index (χ3v) is 8.51. The van der Waals surface area contributed by atoms with Gasteiger partial charge in [0.1, 0.15) is 29.6 Å². The van der Waals surface area contributed by atoms with E-state index in [4.69, 9.17) is 35.0 Å². The number of ether oxygens (including phenoxy) is 2. The lowest BCUT2D eigenvalue weighted by Gasteiger charge is -2.31. The minimum absolute atomic E-state index is 0.0850. The number of nitrogens with zero attached hydrogens (tertiary/aromatic N) is 7. The number of rotatable bonds is 9. The number of aromatic nitrogens is 4. The van der Waals surface area contributed by atoms with Crippen molar-refractivity contribution in [3.63, 3.8) is 0 Å². The van der Waals surface area contributed by atoms with Crippen LogP contribution in [0.4, 0.5) is 5.82 Å². The Bertz CT molecular complexity index is 1310. The predicted molar refractivity (Wildman–Crippen MR) is 105 cm³/mol. The largest absolute Gasteiger partial charge is 0.490 e. The van der Waals surface area contributed by atoms with Crippen LogP contribution in [-0.4, -0.2) is 70.1 Å². The van der Waals surface area contributed by atoms with Crippen LogP contribution in [-0.2, 0) is 36.3 Å². The molecule has 3 unspecified atom stereocenters. The van der Waals surface area contributed by atoms with Crippen molar-refractivity contribution in [2.75, 3.05) is 18.9 Å². The highest BCUT2D eigenvalue weighted by Gasteiger charge is 2.63. The summed E-state index contributed by atoms with van der Waals surface area (Å²) in [7, 11) is -16.7. The van der Waals surface area contributed by atoms with Crippen molar-refractivity contribution in [3.8, 4) is 0 Å². The summed E-state index contributed by atoms with van der Waals surface area (Å²) in [5, 5.41) is 3.62. The van der Waals surface area contributed by atoms with E-state index in [0.717, 1.165) is 0 Å². The smallest absolute Gasteiger partial charge is 0.382 e. The number of nitrogens with two attached hydrogens (primary N) is 1. The maximum Gasteiger partial charge on any atom is 0.490 e. The molecule has 6 atom stereocenters. The Labute approximate surface area is 187 Å². The van der Waals surface area contributed by atoms with Crippen LogP contribution in [0, 0.1) is 0 Å². The van der Waals surface area contributed by atoms with Crippen LogP contribution in [0.5, 0.6) is 0 Å². The lowest BCUT2D eigenvalue weighted by molar-refractivity contribution is -0.181. The molecule has 6 N–H and O–H groups in total. The van der Waals surface area contributed by atoms with Gasteiger partial charge >= 0.3 is 23.5 Å². The van der Waals surface area contributed by atoms with Crippen molar-refractivity contribution in [1.82, 2.24) is 19.5 Å². The SMILES string of the molecule is [N-]=[N+]=NC1[C@H]2OC[C@]1(COP(=O)(O)OP(=O)(O)OP(=O)(O)O)O[C@H]2n1cnc2c(N)ncnc21. The normalized spacial score (nSPS) is 30.1. The molecule has 186 valence electrons. The van der Waals surface area contributed by atoms with Gasteiger partial charge in [0.15, 0.2) is 17.7 Å². The average molecular weight is 544 g/mol. The number of hydrogen-bond acceptors (Lipinski definition) is 13. The lowest BCUT2D eigenvalue weighted by atomic mass is 9.98. The van der Waals surface area contributed by atoms with Gasteiger partial charge in [-0.05, 0) is 5.53 Å². The number of hydrogen-bond donors (Lipinski definition) is 5. The Balaban J connectivity index is 1.57. The Morgan fingerprint density at radius 3 is 2.65 bits per heavy atom. The van der Waals surface area contributed by atoms with Gasteiger partial charge in [-0.25, -0.2) is 28.6 Å². The number of anilines is 1. The summed E-state index contributed by atoms with van der Waals surface area (Å²) in [5.41, 5.74) is 13.6. The zero-order valence-electron chi connectivity index (χ0n) is 16.4. The third-order valence-electron chi connectivity index (χ3n) is 4.73. The molecule has 2 bridgehead atoms. The fraction of sp³-hybridized carbons (Fsp3) is 0.545. The van der Waals surface area contributed by atoms with Crippen molar-refractivity contribution in [2.24, 2.45) is 5.11 Å². The van der Waals surface area contributed by atoms with E-state index in [1.165, 1.54) is 17.2 Å².